The summed E-state index contributed by atoms with van der Waals surface area (Å²) in [6, 6.07) is 4.51. The van der Waals surface area contributed by atoms with Crippen molar-refractivity contribution in [3.63, 3.8) is 0 Å². The fourth-order valence-electron chi connectivity index (χ4n) is 1.78. The first-order valence-electron chi connectivity index (χ1n) is 6.49. The molecule has 0 aliphatic rings. The second kappa shape index (κ2) is 7.50. The van der Waals surface area contributed by atoms with Crippen molar-refractivity contribution in [2.75, 3.05) is 27.3 Å². The predicted molar refractivity (Wildman–Crippen MR) is 83.2 cm³/mol. The summed E-state index contributed by atoms with van der Waals surface area (Å²) in [4.78, 5) is 5.61. The topological polar surface area (TPSA) is 45.7 Å². The smallest absolute Gasteiger partial charge is 0.191 e. The molecule has 1 aromatic rings. The van der Waals surface area contributed by atoms with Gasteiger partial charge in [-0.1, -0.05) is 19.9 Å². The zero-order valence-corrected chi connectivity index (χ0v) is 13.3. The van der Waals surface area contributed by atoms with Crippen LogP contribution in [0.4, 0.5) is 0 Å². The molecule has 0 aromatic carbocycles. The Kier molecular flexibility index (Phi) is 6.31. The van der Waals surface area contributed by atoms with Crippen LogP contribution in [0.25, 0.3) is 0 Å². The highest BCUT2D eigenvalue weighted by Crippen LogP contribution is 2.26. The molecule has 0 amide bonds. The standard InChI is InChI=1S/C14H25N3OS/c1-11(9-18-5)17-13(15-4)16-10-14(2,3)12-7-6-8-19-12/h6-8,11H,9-10H2,1-5H3,(H2,15,16,17). The molecule has 1 heterocycles. The second-order valence-electron chi connectivity index (χ2n) is 5.29. The second-order valence-corrected chi connectivity index (χ2v) is 6.24. The zero-order valence-electron chi connectivity index (χ0n) is 12.5. The molecular weight excluding hydrogens is 258 g/mol. The molecule has 1 rings (SSSR count). The number of hydrogen-bond acceptors (Lipinski definition) is 3. The molecule has 1 aromatic heterocycles. The van der Waals surface area contributed by atoms with Crippen LogP contribution in [0.3, 0.4) is 0 Å². The summed E-state index contributed by atoms with van der Waals surface area (Å²) >= 11 is 1.79. The molecule has 0 aliphatic heterocycles. The molecule has 0 spiro atoms. The summed E-state index contributed by atoms with van der Waals surface area (Å²) in [5.74, 6) is 0.814. The van der Waals surface area contributed by atoms with E-state index in [1.165, 1.54) is 4.88 Å². The van der Waals surface area contributed by atoms with Gasteiger partial charge in [0.25, 0.3) is 0 Å². The lowest BCUT2D eigenvalue weighted by atomic mass is 9.91. The first kappa shape index (κ1) is 16.0. The number of hydrogen-bond donors (Lipinski definition) is 2. The summed E-state index contributed by atoms with van der Waals surface area (Å²) in [6.07, 6.45) is 0. The largest absolute Gasteiger partial charge is 0.383 e. The van der Waals surface area contributed by atoms with Crippen LogP contribution in [0.1, 0.15) is 25.6 Å². The Bertz CT molecular complexity index is 387. The molecule has 5 heteroatoms. The Morgan fingerprint density at radius 3 is 2.79 bits per heavy atom. The molecule has 4 nitrogen and oxygen atoms in total. The third kappa shape index (κ3) is 5.20. The molecule has 0 radical (unpaired) electrons. The number of ether oxygens (including phenoxy) is 1. The van der Waals surface area contributed by atoms with Crippen LogP contribution in [0, 0.1) is 0 Å². The van der Waals surface area contributed by atoms with E-state index >= 15 is 0 Å². The van der Waals surface area contributed by atoms with E-state index in [2.05, 4.69) is 53.9 Å². The Labute approximate surface area is 120 Å². The van der Waals surface area contributed by atoms with Crippen molar-refractivity contribution < 1.29 is 4.74 Å². The van der Waals surface area contributed by atoms with Crippen molar-refractivity contribution in [2.24, 2.45) is 4.99 Å². The van der Waals surface area contributed by atoms with E-state index in [4.69, 9.17) is 4.74 Å². The first-order chi connectivity index (χ1) is 8.99. The predicted octanol–water partition coefficient (Wildman–Crippen LogP) is 2.23. The lowest BCUT2D eigenvalue weighted by Crippen LogP contribution is -2.47. The number of guanidine groups is 1. The fraction of sp³-hybridized carbons (Fsp3) is 0.643. The summed E-state index contributed by atoms with van der Waals surface area (Å²) in [7, 11) is 3.49. The number of methoxy groups -OCH3 is 1. The maximum Gasteiger partial charge on any atom is 0.191 e. The maximum absolute atomic E-state index is 5.11. The highest BCUT2D eigenvalue weighted by atomic mass is 32.1. The van der Waals surface area contributed by atoms with E-state index in [0.29, 0.717) is 6.61 Å². The SMILES string of the molecule is CN=C(NCC(C)(C)c1cccs1)NC(C)COC. The summed E-state index contributed by atoms with van der Waals surface area (Å²) in [5.41, 5.74) is 0.0935. The van der Waals surface area contributed by atoms with Gasteiger partial charge in [-0.2, -0.15) is 0 Å². The fourth-order valence-corrected chi connectivity index (χ4v) is 2.63. The number of thiophene rings is 1. The normalized spacial score (nSPS) is 14.3. The van der Waals surface area contributed by atoms with Crippen LogP contribution in [0.5, 0.6) is 0 Å². The average Bonchev–Trinajstić information content (AvgIpc) is 2.89. The first-order valence-corrected chi connectivity index (χ1v) is 7.37. The number of aliphatic imine (C=N–C) groups is 1. The minimum Gasteiger partial charge on any atom is -0.383 e. The highest BCUT2D eigenvalue weighted by molar-refractivity contribution is 7.10. The third-order valence-electron chi connectivity index (χ3n) is 2.91. The Morgan fingerprint density at radius 2 is 2.26 bits per heavy atom. The number of nitrogens with one attached hydrogen (secondary N) is 2. The van der Waals surface area contributed by atoms with Gasteiger partial charge in [-0.05, 0) is 18.4 Å². The highest BCUT2D eigenvalue weighted by Gasteiger charge is 2.22. The molecule has 0 aliphatic carbocycles. The van der Waals surface area contributed by atoms with Gasteiger partial charge in [0.05, 0.1) is 6.61 Å². The van der Waals surface area contributed by atoms with Gasteiger partial charge in [-0.3, -0.25) is 4.99 Å². The lowest BCUT2D eigenvalue weighted by molar-refractivity contribution is 0.179. The quantitative estimate of drug-likeness (QED) is 0.621. The minimum absolute atomic E-state index is 0.0935. The molecule has 0 bridgehead atoms. The lowest BCUT2D eigenvalue weighted by Gasteiger charge is -2.26. The van der Waals surface area contributed by atoms with Gasteiger partial charge in [0.2, 0.25) is 0 Å². The Morgan fingerprint density at radius 1 is 1.53 bits per heavy atom. The van der Waals surface area contributed by atoms with Gasteiger partial charge in [-0.25, -0.2) is 0 Å². The van der Waals surface area contributed by atoms with Gasteiger partial charge >= 0.3 is 0 Å². The molecule has 0 saturated heterocycles. The molecule has 0 fully saturated rings. The van der Waals surface area contributed by atoms with E-state index in [1.54, 1.807) is 25.5 Å². The molecule has 1 unspecified atom stereocenters. The third-order valence-corrected chi connectivity index (χ3v) is 4.15. The number of nitrogens with zero attached hydrogens (tertiary/aromatic N) is 1. The maximum atomic E-state index is 5.11. The average molecular weight is 283 g/mol. The summed E-state index contributed by atoms with van der Waals surface area (Å²) in [5, 5.41) is 8.80. The summed E-state index contributed by atoms with van der Waals surface area (Å²) < 4.78 is 5.11. The van der Waals surface area contributed by atoms with Crippen LogP contribution >= 0.6 is 11.3 Å². The Balaban J connectivity index is 2.50. The molecule has 0 saturated carbocycles. The van der Waals surface area contributed by atoms with Gasteiger partial charge in [-0.15, -0.1) is 11.3 Å². The van der Waals surface area contributed by atoms with Gasteiger partial charge < -0.3 is 15.4 Å². The van der Waals surface area contributed by atoms with Crippen molar-refractivity contribution in [1.29, 1.82) is 0 Å². The number of rotatable bonds is 6. The van der Waals surface area contributed by atoms with E-state index in [-0.39, 0.29) is 11.5 Å². The molecule has 108 valence electrons. The molecule has 1 atom stereocenters. The van der Waals surface area contributed by atoms with Crippen molar-refractivity contribution in [3.05, 3.63) is 22.4 Å². The van der Waals surface area contributed by atoms with Crippen LogP contribution in [0.2, 0.25) is 0 Å². The van der Waals surface area contributed by atoms with E-state index in [1.807, 2.05) is 0 Å². The van der Waals surface area contributed by atoms with Gasteiger partial charge in [0.1, 0.15) is 0 Å². The van der Waals surface area contributed by atoms with Crippen molar-refractivity contribution >= 4 is 17.3 Å². The van der Waals surface area contributed by atoms with Crippen LogP contribution in [-0.2, 0) is 10.2 Å². The van der Waals surface area contributed by atoms with Gasteiger partial charge in [0, 0.05) is 37.0 Å². The monoisotopic (exact) mass is 283 g/mol. The van der Waals surface area contributed by atoms with E-state index in [0.717, 1.165) is 12.5 Å². The minimum atomic E-state index is 0.0935. The van der Waals surface area contributed by atoms with Crippen LogP contribution in [-0.4, -0.2) is 39.3 Å². The zero-order chi connectivity index (χ0) is 14.3. The molecule has 19 heavy (non-hydrogen) atoms. The van der Waals surface area contributed by atoms with E-state index < -0.39 is 0 Å². The van der Waals surface area contributed by atoms with Crippen molar-refractivity contribution in [3.8, 4) is 0 Å². The van der Waals surface area contributed by atoms with Crippen LogP contribution in [0.15, 0.2) is 22.5 Å². The molecular formula is C14H25N3OS. The molecule has 2 N–H and O–H groups in total. The van der Waals surface area contributed by atoms with Crippen LogP contribution < -0.4 is 10.6 Å². The Hall–Kier alpha value is -1.07. The van der Waals surface area contributed by atoms with Gasteiger partial charge in [0.15, 0.2) is 5.96 Å². The van der Waals surface area contributed by atoms with E-state index in [9.17, 15) is 0 Å². The van der Waals surface area contributed by atoms with Crippen molar-refractivity contribution in [2.45, 2.75) is 32.2 Å². The van der Waals surface area contributed by atoms with Crippen molar-refractivity contribution in [1.82, 2.24) is 10.6 Å². The summed E-state index contributed by atoms with van der Waals surface area (Å²) in [6.45, 7) is 8.04.